The minimum atomic E-state index is -1.15. The fourth-order valence-corrected chi connectivity index (χ4v) is 3.70. The van der Waals surface area contributed by atoms with E-state index in [1.54, 1.807) is 24.4 Å². The zero-order valence-corrected chi connectivity index (χ0v) is 19.7. The SMILES string of the molecule is O=C(N[C@@H](Cc1ccc(C#CCCCNc2ccccn2)cc1)C(=O)O)c1c(Cl)cccc1Cl. The van der Waals surface area contributed by atoms with Crippen molar-refractivity contribution in [2.24, 2.45) is 0 Å². The first-order valence-electron chi connectivity index (χ1n) is 10.6. The summed E-state index contributed by atoms with van der Waals surface area (Å²) in [6.07, 6.45) is 3.47. The van der Waals surface area contributed by atoms with Crippen LogP contribution in [0.2, 0.25) is 10.0 Å². The first-order chi connectivity index (χ1) is 16.4. The van der Waals surface area contributed by atoms with Crippen LogP contribution in [0.1, 0.15) is 34.3 Å². The Labute approximate surface area is 208 Å². The number of carboxylic acids is 1. The molecular weight excluding hydrogens is 473 g/mol. The van der Waals surface area contributed by atoms with Gasteiger partial charge in [0.05, 0.1) is 15.6 Å². The van der Waals surface area contributed by atoms with Gasteiger partial charge in [-0.1, -0.05) is 59.3 Å². The smallest absolute Gasteiger partial charge is 0.326 e. The quantitative estimate of drug-likeness (QED) is 0.285. The highest BCUT2D eigenvalue weighted by atomic mass is 35.5. The summed E-state index contributed by atoms with van der Waals surface area (Å²) in [7, 11) is 0. The molecule has 0 saturated carbocycles. The summed E-state index contributed by atoms with van der Waals surface area (Å²) in [6.45, 7) is 0.784. The zero-order chi connectivity index (χ0) is 24.3. The van der Waals surface area contributed by atoms with Crippen LogP contribution < -0.4 is 10.6 Å². The Kier molecular flexibility index (Phi) is 9.33. The van der Waals surface area contributed by atoms with E-state index < -0.39 is 17.9 Å². The van der Waals surface area contributed by atoms with Gasteiger partial charge >= 0.3 is 5.97 Å². The normalized spacial score (nSPS) is 11.1. The molecule has 3 aromatic rings. The van der Waals surface area contributed by atoms with Crippen LogP contribution >= 0.6 is 23.2 Å². The predicted octanol–water partition coefficient (Wildman–Crippen LogP) is 5.06. The van der Waals surface area contributed by atoms with Crippen molar-refractivity contribution < 1.29 is 14.7 Å². The number of aromatic nitrogens is 1. The molecule has 3 N–H and O–H groups in total. The van der Waals surface area contributed by atoms with Gasteiger partial charge < -0.3 is 15.7 Å². The van der Waals surface area contributed by atoms with E-state index in [4.69, 9.17) is 23.2 Å². The number of anilines is 1. The van der Waals surface area contributed by atoms with Crippen LogP contribution in [0, 0.1) is 11.8 Å². The van der Waals surface area contributed by atoms with Gasteiger partial charge in [-0.15, -0.1) is 0 Å². The fraction of sp³-hybridized carbons (Fsp3) is 0.192. The highest BCUT2D eigenvalue weighted by Crippen LogP contribution is 2.24. The van der Waals surface area contributed by atoms with Gasteiger partial charge in [0.2, 0.25) is 0 Å². The Morgan fingerprint density at radius 1 is 1.00 bits per heavy atom. The Morgan fingerprint density at radius 2 is 1.74 bits per heavy atom. The van der Waals surface area contributed by atoms with Gasteiger partial charge in [0, 0.05) is 31.1 Å². The number of nitrogens with one attached hydrogen (secondary N) is 2. The number of pyridine rings is 1. The number of carboxylic acid groups (broad SMARTS) is 1. The summed E-state index contributed by atoms with van der Waals surface area (Å²) >= 11 is 12.1. The molecule has 34 heavy (non-hydrogen) atoms. The molecular formula is C26H23Cl2N3O3. The Hall–Kier alpha value is -3.53. The summed E-state index contributed by atoms with van der Waals surface area (Å²) in [6, 6.07) is 16.5. The monoisotopic (exact) mass is 495 g/mol. The topological polar surface area (TPSA) is 91.3 Å². The van der Waals surface area contributed by atoms with Crippen LogP contribution in [0.15, 0.2) is 66.9 Å². The second-order valence-corrected chi connectivity index (χ2v) is 8.22. The van der Waals surface area contributed by atoms with E-state index in [0.29, 0.717) is 0 Å². The van der Waals surface area contributed by atoms with E-state index in [1.165, 1.54) is 12.1 Å². The first kappa shape index (κ1) is 25.1. The molecule has 0 fully saturated rings. The maximum absolute atomic E-state index is 12.5. The van der Waals surface area contributed by atoms with E-state index in [-0.39, 0.29) is 22.0 Å². The minimum absolute atomic E-state index is 0.0536. The van der Waals surface area contributed by atoms with Crippen LogP contribution in [0.4, 0.5) is 5.82 Å². The minimum Gasteiger partial charge on any atom is -0.480 e. The standard InChI is InChI=1S/C26H23Cl2N3O3/c27-20-8-6-9-21(28)24(20)25(32)31-22(26(33)34)17-19-13-11-18(12-14-19)7-2-1-4-15-29-23-10-3-5-16-30-23/h3,5-6,8-14,16,22H,1,4,15,17H2,(H,29,30)(H,31,32)(H,33,34)/t22-/m0/s1. The lowest BCUT2D eigenvalue weighted by Gasteiger charge is -2.16. The Balaban J connectivity index is 1.51. The van der Waals surface area contributed by atoms with Gasteiger partial charge in [0.25, 0.3) is 5.91 Å². The first-order valence-corrected chi connectivity index (χ1v) is 11.4. The maximum Gasteiger partial charge on any atom is 0.326 e. The molecule has 1 amide bonds. The highest BCUT2D eigenvalue weighted by Gasteiger charge is 2.23. The van der Waals surface area contributed by atoms with Crippen LogP contribution in [-0.2, 0) is 11.2 Å². The molecule has 6 nitrogen and oxygen atoms in total. The molecule has 1 heterocycles. The van der Waals surface area contributed by atoms with E-state index in [9.17, 15) is 14.7 Å². The van der Waals surface area contributed by atoms with Gasteiger partial charge in [0.15, 0.2) is 0 Å². The molecule has 174 valence electrons. The van der Waals surface area contributed by atoms with Crippen molar-refractivity contribution in [2.75, 3.05) is 11.9 Å². The summed E-state index contributed by atoms with van der Waals surface area (Å²) in [5, 5.41) is 15.6. The number of unbranched alkanes of at least 4 members (excludes halogenated alkanes) is 1. The average Bonchev–Trinajstić information content (AvgIpc) is 2.82. The number of aliphatic carboxylic acids is 1. The zero-order valence-electron chi connectivity index (χ0n) is 18.2. The lowest BCUT2D eigenvalue weighted by atomic mass is 10.0. The molecule has 0 aliphatic heterocycles. The number of carbonyl (C=O) groups excluding carboxylic acids is 1. The largest absolute Gasteiger partial charge is 0.480 e. The summed E-state index contributed by atoms with van der Waals surface area (Å²) in [5.74, 6) is 5.29. The number of amides is 1. The Bertz CT molecular complexity index is 1170. The molecule has 0 spiro atoms. The van der Waals surface area contributed by atoms with Crippen molar-refractivity contribution in [1.82, 2.24) is 10.3 Å². The van der Waals surface area contributed by atoms with Gasteiger partial charge in [-0.05, 0) is 48.4 Å². The van der Waals surface area contributed by atoms with Crippen molar-refractivity contribution in [3.8, 4) is 11.8 Å². The van der Waals surface area contributed by atoms with Crippen LogP contribution in [-0.4, -0.2) is 34.6 Å². The molecule has 0 saturated heterocycles. The number of benzene rings is 2. The van der Waals surface area contributed by atoms with Crippen molar-refractivity contribution in [1.29, 1.82) is 0 Å². The fourth-order valence-electron chi connectivity index (χ4n) is 3.13. The molecule has 0 bridgehead atoms. The van der Waals surface area contributed by atoms with E-state index in [1.807, 2.05) is 30.3 Å². The summed E-state index contributed by atoms with van der Waals surface area (Å²) in [5.41, 5.74) is 1.64. The average molecular weight is 496 g/mol. The third kappa shape index (κ3) is 7.51. The highest BCUT2D eigenvalue weighted by molar-refractivity contribution is 6.39. The lowest BCUT2D eigenvalue weighted by molar-refractivity contribution is -0.139. The van der Waals surface area contributed by atoms with Gasteiger partial charge in [0.1, 0.15) is 11.9 Å². The molecule has 0 aliphatic rings. The third-order valence-electron chi connectivity index (χ3n) is 4.87. The molecule has 0 unspecified atom stereocenters. The number of carbonyl (C=O) groups is 2. The number of halogens is 2. The second kappa shape index (κ2) is 12.6. The van der Waals surface area contributed by atoms with Gasteiger partial charge in [-0.3, -0.25) is 4.79 Å². The van der Waals surface area contributed by atoms with Gasteiger partial charge in [-0.2, -0.15) is 0 Å². The molecule has 3 rings (SSSR count). The molecule has 8 heteroatoms. The van der Waals surface area contributed by atoms with Crippen LogP contribution in [0.5, 0.6) is 0 Å². The van der Waals surface area contributed by atoms with E-state index >= 15 is 0 Å². The maximum atomic E-state index is 12.5. The van der Waals surface area contributed by atoms with Crippen molar-refractivity contribution in [3.05, 3.63) is 93.6 Å². The predicted molar refractivity (Wildman–Crippen MR) is 134 cm³/mol. The van der Waals surface area contributed by atoms with Gasteiger partial charge in [-0.25, -0.2) is 9.78 Å². The van der Waals surface area contributed by atoms with Crippen LogP contribution in [0.25, 0.3) is 0 Å². The molecule has 2 aromatic carbocycles. The Morgan fingerprint density at radius 3 is 2.38 bits per heavy atom. The van der Waals surface area contributed by atoms with Crippen molar-refractivity contribution in [2.45, 2.75) is 25.3 Å². The summed E-state index contributed by atoms with van der Waals surface area (Å²) in [4.78, 5) is 28.5. The molecule has 0 aliphatic carbocycles. The molecule has 1 aromatic heterocycles. The van der Waals surface area contributed by atoms with Crippen molar-refractivity contribution >= 4 is 40.9 Å². The van der Waals surface area contributed by atoms with E-state index in [2.05, 4.69) is 27.5 Å². The van der Waals surface area contributed by atoms with E-state index in [0.717, 1.165) is 36.3 Å². The second-order valence-electron chi connectivity index (χ2n) is 7.41. The molecule has 0 radical (unpaired) electrons. The van der Waals surface area contributed by atoms with Crippen LogP contribution in [0.3, 0.4) is 0 Å². The number of hydrogen-bond acceptors (Lipinski definition) is 4. The van der Waals surface area contributed by atoms with Crippen molar-refractivity contribution in [3.63, 3.8) is 0 Å². The number of rotatable bonds is 9. The number of nitrogens with zero attached hydrogens (tertiary/aromatic N) is 1. The summed E-state index contributed by atoms with van der Waals surface area (Å²) < 4.78 is 0. The lowest BCUT2D eigenvalue weighted by Crippen LogP contribution is -2.42. The number of hydrogen-bond donors (Lipinski definition) is 3. The molecule has 1 atom stereocenters. The third-order valence-corrected chi connectivity index (χ3v) is 5.50.